The Kier molecular flexibility index (Phi) is 7.65. The van der Waals surface area contributed by atoms with Crippen LogP contribution in [0, 0.1) is 0 Å². The lowest BCUT2D eigenvalue weighted by Gasteiger charge is -2.33. The van der Waals surface area contributed by atoms with Crippen molar-refractivity contribution in [2.45, 2.75) is 51.9 Å². The largest absolute Gasteiger partial charge is 0.411 e. The average Bonchev–Trinajstić information content (AvgIpc) is 3.21. The molecule has 190 valence electrons. The summed E-state index contributed by atoms with van der Waals surface area (Å²) in [6.45, 7) is 7.14. The van der Waals surface area contributed by atoms with Gasteiger partial charge in [0.2, 0.25) is 5.95 Å². The van der Waals surface area contributed by atoms with Crippen LogP contribution in [0.1, 0.15) is 38.8 Å². The molecule has 2 N–H and O–H groups in total. The highest BCUT2D eigenvalue weighted by atomic mass is 19.4. The van der Waals surface area contributed by atoms with Crippen molar-refractivity contribution < 1.29 is 17.9 Å². The van der Waals surface area contributed by atoms with Gasteiger partial charge in [0.15, 0.2) is 5.82 Å². The van der Waals surface area contributed by atoms with E-state index in [1.165, 1.54) is 6.33 Å². The quantitative estimate of drug-likeness (QED) is 0.435. The molecule has 0 aromatic carbocycles. The Morgan fingerprint density at radius 2 is 2.11 bits per heavy atom. The molecular weight excluding hydrogens is 463 g/mol. The van der Waals surface area contributed by atoms with Crippen LogP contribution >= 0.6 is 0 Å². The molecule has 4 heterocycles. The molecule has 1 aliphatic heterocycles. The van der Waals surface area contributed by atoms with Crippen LogP contribution in [0.3, 0.4) is 0 Å². The summed E-state index contributed by atoms with van der Waals surface area (Å²) in [5, 5.41) is 11.4. The highest BCUT2D eigenvalue weighted by Crippen LogP contribution is 2.31. The maximum Gasteiger partial charge on any atom is 0.411 e. The zero-order valence-corrected chi connectivity index (χ0v) is 20.0. The van der Waals surface area contributed by atoms with Crippen molar-refractivity contribution in [1.29, 1.82) is 0 Å². The Morgan fingerprint density at radius 3 is 2.80 bits per heavy atom. The Morgan fingerprint density at radius 1 is 1.29 bits per heavy atom. The number of piperazine rings is 1. The van der Waals surface area contributed by atoms with Gasteiger partial charge in [0, 0.05) is 31.9 Å². The zero-order chi connectivity index (χ0) is 25.0. The topological polar surface area (TPSA) is 106 Å². The number of rotatable bonds is 9. The number of hydrogen-bond donors (Lipinski definition) is 2. The molecule has 0 radical (unpaired) electrons. The second-order valence-corrected chi connectivity index (χ2v) is 8.73. The SMILES string of the molecule is CC[C@@H]1CN(c2nc(Nc3ccncn3)c3c(n2)c(C(C)C)nn3CCOCC(F)(F)F)CCN1. The van der Waals surface area contributed by atoms with E-state index in [4.69, 9.17) is 19.8 Å². The van der Waals surface area contributed by atoms with Crippen LogP contribution in [0.25, 0.3) is 11.0 Å². The van der Waals surface area contributed by atoms with E-state index in [0.717, 1.165) is 31.7 Å². The van der Waals surface area contributed by atoms with Gasteiger partial charge < -0.3 is 20.3 Å². The van der Waals surface area contributed by atoms with Crippen molar-refractivity contribution in [1.82, 2.24) is 35.0 Å². The third kappa shape index (κ3) is 6.14. The van der Waals surface area contributed by atoms with E-state index >= 15 is 0 Å². The van der Waals surface area contributed by atoms with E-state index in [2.05, 4.69) is 32.4 Å². The van der Waals surface area contributed by atoms with E-state index in [0.29, 0.717) is 34.7 Å². The van der Waals surface area contributed by atoms with Crippen LogP contribution in [-0.4, -0.2) is 74.8 Å². The summed E-state index contributed by atoms with van der Waals surface area (Å²) in [5.41, 5.74) is 1.99. The summed E-state index contributed by atoms with van der Waals surface area (Å²) in [5.74, 6) is 1.62. The number of ether oxygens (including phenoxy) is 1. The molecule has 10 nitrogen and oxygen atoms in total. The summed E-state index contributed by atoms with van der Waals surface area (Å²) < 4.78 is 44.0. The molecule has 0 bridgehead atoms. The summed E-state index contributed by atoms with van der Waals surface area (Å²) >= 11 is 0. The van der Waals surface area contributed by atoms with Gasteiger partial charge in [0.1, 0.15) is 29.8 Å². The van der Waals surface area contributed by atoms with Crippen molar-refractivity contribution >= 4 is 28.6 Å². The van der Waals surface area contributed by atoms with Gasteiger partial charge >= 0.3 is 6.18 Å². The van der Waals surface area contributed by atoms with Gasteiger partial charge in [-0.25, -0.2) is 15.0 Å². The molecule has 0 aliphatic carbocycles. The molecular formula is C22H30F3N9O. The number of nitrogens with zero attached hydrogens (tertiary/aromatic N) is 7. The fourth-order valence-electron chi connectivity index (χ4n) is 3.98. The van der Waals surface area contributed by atoms with Gasteiger partial charge in [-0.3, -0.25) is 4.68 Å². The first kappa shape index (κ1) is 25.0. The molecule has 0 saturated carbocycles. The molecule has 1 saturated heterocycles. The number of alkyl halides is 3. The van der Waals surface area contributed by atoms with Crippen LogP contribution < -0.4 is 15.5 Å². The van der Waals surface area contributed by atoms with Crippen molar-refractivity contribution in [3.63, 3.8) is 0 Å². The first-order valence-corrected chi connectivity index (χ1v) is 11.7. The second kappa shape index (κ2) is 10.7. The maximum absolute atomic E-state index is 12.5. The summed E-state index contributed by atoms with van der Waals surface area (Å²) in [4.78, 5) is 20.0. The number of anilines is 3. The predicted octanol–water partition coefficient (Wildman–Crippen LogP) is 3.25. The lowest BCUT2D eigenvalue weighted by Crippen LogP contribution is -2.51. The molecule has 4 rings (SSSR count). The minimum atomic E-state index is -4.38. The zero-order valence-electron chi connectivity index (χ0n) is 20.0. The van der Waals surface area contributed by atoms with Gasteiger partial charge in [-0.15, -0.1) is 0 Å². The Bertz CT molecular complexity index is 1120. The monoisotopic (exact) mass is 493 g/mol. The first-order chi connectivity index (χ1) is 16.7. The number of fused-ring (bicyclic) bond motifs is 1. The van der Waals surface area contributed by atoms with Crippen molar-refractivity contribution in [3.05, 3.63) is 24.3 Å². The highest BCUT2D eigenvalue weighted by Gasteiger charge is 2.28. The van der Waals surface area contributed by atoms with E-state index < -0.39 is 12.8 Å². The fraction of sp³-hybridized carbons (Fsp3) is 0.591. The van der Waals surface area contributed by atoms with Crippen LogP contribution in [0.2, 0.25) is 0 Å². The predicted molar refractivity (Wildman–Crippen MR) is 126 cm³/mol. The fourth-order valence-corrected chi connectivity index (χ4v) is 3.98. The molecule has 3 aromatic rings. The second-order valence-electron chi connectivity index (χ2n) is 8.73. The smallest absolute Gasteiger partial charge is 0.370 e. The molecule has 35 heavy (non-hydrogen) atoms. The Balaban J connectivity index is 1.75. The van der Waals surface area contributed by atoms with Gasteiger partial charge in [0.25, 0.3) is 0 Å². The summed E-state index contributed by atoms with van der Waals surface area (Å²) in [6.07, 6.45) is -0.366. The minimum Gasteiger partial charge on any atom is -0.370 e. The van der Waals surface area contributed by atoms with E-state index in [9.17, 15) is 13.2 Å². The number of aromatic nitrogens is 6. The van der Waals surface area contributed by atoms with Crippen molar-refractivity contribution in [2.75, 3.05) is 43.1 Å². The number of halogens is 3. The standard InChI is InChI=1S/C22H30F3N9O/c1-4-15-11-33(8-7-27-15)21-30-18-17(14(2)3)32-34(9-10-35-12-22(23,24)25)19(18)20(31-21)29-16-5-6-26-13-28-16/h5-6,13-15,27H,4,7-12H2,1-3H3,(H,26,28,29,30,31)/t15-/m1/s1. The maximum atomic E-state index is 12.5. The highest BCUT2D eigenvalue weighted by molar-refractivity contribution is 5.90. The van der Waals surface area contributed by atoms with Gasteiger partial charge in [0.05, 0.1) is 18.8 Å². The molecule has 0 unspecified atom stereocenters. The summed E-state index contributed by atoms with van der Waals surface area (Å²) in [6, 6.07) is 2.04. The number of hydrogen-bond acceptors (Lipinski definition) is 9. The van der Waals surface area contributed by atoms with Crippen molar-refractivity contribution in [3.8, 4) is 0 Å². The normalized spacial score (nSPS) is 16.9. The molecule has 0 amide bonds. The molecule has 1 aliphatic rings. The van der Waals surface area contributed by atoms with Crippen LogP contribution in [0.15, 0.2) is 18.6 Å². The molecule has 1 fully saturated rings. The Hall–Kier alpha value is -3.06. The summed E-state index contributed by atoms with van der Waals surface area (Å²) in [7, 11) is 0. The first-order valence-electron chi connectivity index (χ1n) is 11.7. The minimum absolute atomic E-state index is 0.0379. The molecule has 3 aromatic heterocycles. The lowest BCUT2D eigenvalue weighted by atomic mass is 10.1. The molecule has 0 spiro atoms. The average molecular weight is 494 g/mol. The molecule has 1 atom stereocenters. The van der Waals surface area contributed by atoms with E-state index in [-0.39, 0.29) is 19.1 Å². The van der Waals surface area contributed by atoms with E-state index in [1.54, 1.807) is 16.9 Å². The Labute approximate surface area is 201 Å². The van der Waals surface area contributed by atoms with Crippen LogP contribution in [0.4, 0.5) is 30.8 Å². The van der Waals surface area contributed by atoms with Crippen LogP contribution in [0.5, 0.6) is 0 Å². The molecule has 13 heteroatoms. The third-order valence-electron chi connectivity index (χ3n) is 5.72. The van der Waals surface area contributed by atoms with Gasteiger partial charge in [-0.05, 0) is 18.4 Å². The van der Waals surface area contributed by atoms with Crippen molar-refractivity contribution in [2.24, 2.45) is 0 Å². The van der Waals surface area contributed by atoms with Crippen LogP contribution in [-0.2, 0) is 11.3 Å². The third-order valence-corrected chi connectivity index (χ3v) is 5.72. The number of nitrogens with one attached hydrogen (secondary N) is 2. The lowest BCUT2D eigenvalue weighted by molar-refractivity contribution is -0.174. The van der Waals surface area contributed by atoms with E-state index in [1.807, 2.05) is 13.8 Å². The van der Waals surface area contributed by atoms with Gasteiger partial charge in [-0.2, -0.15) is 23.3 Å². The van der Waals surface area contributed by atoms with Gasteiger partial charge in [-0.1, -0.05) is 20.8 Å².